The lowest BCUT2D eigenvalue weighted by molar-refractivity contribution is -0.138. The molecule has 7 nitrogen and oxygen atoms in total. The molecule has 3 amide bonds. The maximum atomic E-state index is 12.8. The van der Waals surface area contributed by atoms with Crippen LogP contribution in [0.25, 0.3) is 0 Å². The summed E-state index contributed by atoms with van der Waals surface area (Å²) in [5, 5.41) is 11.7. The summed E-state index contributed by atoms with van der Waals surface area (Å²) in [6.07, 6.45) is -0.0563. The number of carbonyl (C=O) groups is 3. The summed E-state index contributed by atoms with van der Waals surface area (Å²) in [4.78, 5) is 38.9. The minimum absolute atomic E-state index is 0.0563. The summed E-state index contributed by atoms with van der Waals surface area (Å²) < 4.78 is 0. The number of rotatable bonds is 2. The Kier molecular flexibility index (Phi) is 4.65. The van der Waals surface area contributed by atoms with Crippen LogP contribution in [0.2, 0.25) is 0 Å². The van der Waals surface area contributed by atoms with E-state index in [-0.39, 0.29) is 24.4 Å². The Hall–Kier alpha value is -1.44. The van der Waals surface area contributed by atoms with E-state index in [4.69, 9.17) is 5.11 Å². The number of carbonyl (C=O) groups excluding carboxylic acids is 2. The van der Waals surface area contributed by atoms with E-state index in [1.165, 1.54) is 0 Å². The lowest BCUT2D eigenvalue weighted by Gasteiger charge is -2.45. The summed E-state index contributed by atoms with van der Waals surface area (Å²) >= 11 is 1.66. The van der Waals surface area contributed by atoms with E-state index in [9.17, 15) is 14.4 Å². The third kappa shape index (κ3) is 3.25. The van der Waals surface area contributed by atoms with Crippen molar-refractivity contribution < 1.29 is 19.5 Å². The van der Waals surface area contributed by atoms with Gasteiger partial charge in [-0.1, -0.05) is 0 Å². The number of carboxylic acids is 1. The van der Waals surface area contributed by atoms with Crippen molar-refractivity contribution in [3.8, 4) is 0 Å². The SMILES string of the molecule is CC1(C)C(=O)NCCN1C(=O)N1CCSCC1CC(=O)O. The van der Waals surface area contributed by atoms with Crippen molar-refractivity contribution in [1.82, 2.24) is 15.1 Å². The molecule has 0 aromatic heterocycles. The highest BCUT2D eigenvalue weighted by atomic mass is 32.2. The first-order valence-corrected chi connectivity index (χ1v) is 8.15. The quantitative estimate of drug-likeness (QED) is 0.760. The van der Waals surface area contributed by atoms with Crippen LogP contribution in [-0.2, 0) is 9.59 Å². The molecule has 2 saturated heterocycles. The molecule has 0 spiro atoms. The predicted molar refractivity (Wildman–Crippen MR) is 79.3 cm³/mol. The molecule has 0 bridgehead atoms. The molecule has 0 aromatic rings. The van der Waals surface area contributed by atoms with Gasteiger partial charge in [0.15, 0.2) is 0 Å². The molecule has 2 heterocycles. The number of thioether (sulfide) groups is 1. The van der Waals surface area contributed by atoms with Gasteiger partial charge in [-0.15, -0.1) is 0 Å². The highest BCUT2D eigenvalue weighted by Crippen LogP contribution is 2.25. The first-order chi connectivity index (χ1) is 9.84. The van der Waals surface area contributed by atoms with Crippen LogP contribution in [0.5, 0.6) is 0 Å². The van der Waals surface area contributed by atoms with Crippen molar-refractivity contribution in [1.29, 1.82) is 0 Å². The van der Waals surface area contributed by atoms with Gasteiger partial charge in [-0.3, -0.25) is 9.59 Å². The normalized spacial score (nSPS) is 25.4. The molecule has 0 aromatic carbocycles. The predicted octanol–water partition coefficient (Wildman–Crippen LogP) is 0.209. The molecule has 8 heteroatoms. The number of carboxylic acid groups (broad SMARTS) is 1. The minimum atomic E-state index is -0.909. The number of amides is 3. The zero-order chi connectivity index (χ0) is 15.6. The summed E-state index contributed by atoms with van der Waals surface area (Å²) in [5.74, 6) is 0.333. The highest BCUT2D eigenvalue weighted by molar-refractivity contribution is 7.99. The van der Waals surface area contributed by atoms with Crippen molar-refractivity contribution in [3.05, 3.63) is 0 Å². The Morgan fingerprint density at radius 3 is 2.81 bits per heavy atom. The fourth-order valence-electron chi connectivity index (χ4n) is 2.67. The Balaban J connectivity index is 2.16. The summed E-state index contributed by atoms with van der Waals surface area (Å²) in [7, 11) is 0. The van der Waals surface area contributed by atoms with Gasteiger partial charge in [0.2, 0.25) is 5.91 Å². The van der Waals surface area contributed by atoms with Gasteiger partial charge in [-0.25, -0.2) is 4.79 Å². The fourth-order valence-corrected chi connectivity index (χ4v) is 3.73. The van der Waals surface area contributed by atoms with Gasteiger partial charge >= 0.3 is 12.0 Å². The smallest absolute Gasteiger partial charge is 0.321 e. The van der Waals surface area contributed by atoms with Gasteiger partial charge in [-0.2, -0.15) is 11.8 Å². The third-order valence-corrected chi connectivity index (χ3v) is 5.06. The Labute approximate surface area is 128 Å². The second kappa shape index (κ2) is 6.13. The van der Waals surface area contributed by atoms with Gasteiger partial charge in [-0.05, 0) is 13.8 Å². The molecule has 0 saturated carbocycles. The largest absolute Gasteiger partial charge is 0.481 e. The van der Waals surface area contributed by atoms with Crippen molar-refractivity contribution in [2.75, 3.05) is 31.1 Å². The summed E-state index contributed by atoms with van der Waals surface area (Å²) in [6, 6.07) is -0.545. The Morgan fingerprint density at radius 2 is 2.14 bits per heavy atom. The molecule has 1 unspecified atom stereocenters. The van der Waals surface area contributed by atoms with Crippen LogP contribution < -0.4 is 5.32 Å². The highest BCUT2D eigenvalue weighted by Gasteiger charge is 2.43. The van der Waals surface area contributed by atoms with E-state index in [1.807, 2.05) is 0 Å². The molecular weight excluding hydrogens is 294 g/mol. The lowest BCUT2D eigenvalue weighted by Crippen LogP contribution is -2.67. The van der Waals surface area contributed by atoms with Crippen molar-refractivity contribution in [2.24, 2.45) is 0 Å². The van der Waals surface area contributed by atoms with Crippen molar-refractivity contribution >= 4 is 29.7 Å². The molecule has 0 aliphatic carbocycles. The fraction of sp³-hybridized carbons (Fsp3) is 0.769. The van der Waals surface area contributed by atoms with Crippen LogP contribution in [0.15, 0.2) is 0 Å². The van der Waals surface area contributed by atoms with E-state index >= 15 is 0 Å². The standard InChI is InChI=1S/C13H21N3O4S/c1-13(2)11(19)14-3-4-16(13)12(20)15-5-6-21-8-9(15)7-10(17)18/h9H,3-8H2,1-2H3,(H,14,19)(H,17,18). The van der Waals surface area contributed by atoms with E-state index in [0.717, 1.165) is 5.75 Å². The number of nitrogens with one attached hydrogen (secondary N) is 1. The molecule has 2 aliphatic heterocycles. The number of aliphatic carboxylic acids is 1. The van der Waals surface area contributed by atoms with E-state index < -0.39 is 11.5 Å². The number of urea groups is 1. The van der Waals surface area contributed by atoms with Gasteiger partial charge in [0.05, 0.1) is 12.5 Å². The number of hydrogen-bond donors (Lipinski definition) is 2. The number of nitrogens with zero attached hydrogens (tertiary/aromatic N) is 2. The van der Waals surface area contributed by atoms with Gasteiger partial charge in [0.25, 0.3) is 0 Å². The molecule has 0 radical (unpaired) electrons. The maximum absolute atomic E-state index is 12.8. The van der Waals surface area contributed by atoms with E-state index in [2.05, 4.69) is 5.32 Å². The molecule has 2 rings (SSSR count). The molecule has 2 N–H and O–H groups in total. The summed E-state index contributed by atoms with van der Waals surface area (Å²) in [6.45, 7) is 4.82. The van der Waals surface area contributed by atoms with Gasteiger partial charge in [0.1, 0.15) is 5.54 Å². The van der Waals surface area contributed by atoms with Gasteiger partial charge in [0, 0.05) is 31.1 Å². The summed E-state index contributed by atoms with van der Waals surface area (Å²) in [5.41, 5.74) is -0.909. The molecule has 118 valence electrons. The van der Waals surface area contributed by atoms with E-state index in [0.29, 0.717) is 25.4 Å². The second-order valence-electron chi connectivity index (χ2n) is 5.77. The first kappa shape index (κ1) is 15.9. The van der Waals surface area contributed by atoms with Crippen molar-refractivity contribution in [2.45, 2.75) is 31.8 Å². The van der Waals surface area contributed by atoms with E-state index in [1.54, 1.807) is 35.4 Å². The van der Waals surface area contributed by atoms with Crippen LogP contribution in [0.3, 0.4) is 0 Å². The van der Waals surface area contributed by atoms with Crippen LogP contribution in [0.4, 0.5) is 4.79 Å². The Morgan fingerprint density at radius 1 is 1.43 bits per heavy atom. The molecule has 1 atom stereocenters. The third-order valence-electron chi connectivity index (χ3n) is 3.97. The molecular formula is C13H21N3O4S. The molecule has 2 fully saturated rings. The minimum Gasteiger partial charge on any atom is -0.481 e. The zero-order valence-electron chi connectivity index (χ0n) is 12.3. The average molecular weight is 315 g/mol. The van der Waals surface area contributed by atoms with Crippen LogP contribution in [-0.4, -0.2) is 75.5 Å². The molecule has 2 aliphatic rings. The number of hydrogen-bond acceptors (Lipinski definition) is 4. The number of piperazine rings is 1. The first-order valence-electron chi connectivity index (χ1n) is 7.00. The van der Waals surface area contributed by atoms with Gasteiger partial charge < -0.3 is 20.2 Å². The lowest BCUT2D eigenvalue weighted by atomic mass is 9.99. The van der Waals surface area contributed by atoms with Crippen LogP contribution in [0, 0.1) is 0 Å². The van der Waals surface area contributed by atoms with Crippen LogP contribution >= 0.6 is 11.8 Å². The van der Waals surface area contributed by atoms with Crippen LogP contribution in [0.1, 0.15) is 20.3 Å². The monoisotopic (exact) mass is 315 g/mol. The topological polar surface area (TPSA) is 90.0 Å². The van der Waals surface area contributed by atoms with Crippen molar-refractivity contribution in [3.63, 3.8) is 0 Å². The average Bonchev–Trinajstić information content (AvgIpc) is 2.41. The zero-order valence-corrected chi connectivity index (χ0v) is 13.1. The second-order valence-corrected chi connectivity index (χ2v) is 6.92. The Bertz CT molecular complexity index is 455. The molecule has 21 heavy (non-hydrogen) atoms. The maximum Gasteiger partial charge on any atom is 0.321 e.